The molecule has 2 unspecified atom stereocenters. The summed E-state index contributed by atoms with van der Waals surface area (Å²) >= 11 is 0. The fraction of sp³-hybridized carbons (Fsp3) is 0.417. The molecule has 2 atom stereocenters. The highest BCUT2D eigenvalue weighted by Gasteiger charge is 2.31. The molecule has 7 nitrogen and oxygen atoms in total. The third-order valence-electron chi connectivity index (χ3n) is 3.50. The van der Waals surface area contributed by atoms with Gasteiger partial charge in [0.1, 0.15) is 0 Å². The van der Waals surface area contributed by atoms with Crippen LogP contribution in [0.1, 0.15) is 36.8 Å². The van der Waals surface area contributed by atoms with Crippen LogP contribution in [0.2, 0.25) is 0 Å². The van der Waals surface area contributed by atoms with Crippen molar-refractivity contribution in [3.63, 3.8) is 0 Å². The summed E-state index contributed by atoms with van der Waals surface area (Å²) in [4.78, 5) is 0.420. The van der Waals surface area contributed by atoms with Crippen LogP contribution in [0.5, 0.6) is 0 Å². The van der Waals surface area contributed by atoms with Crippen molar-refractivity contribution in [2.24, 2.45) is 0 Å². The number of nitrogens with zero attached hydrogens (tertiary/aromatic N) is 3. The van der Waals surface area contributed by atoms with Crippen LogP contribution in [-0.4, -0.2) is 34.8 Å². The molecule has 1 aliphatic heterocycles. The fourth-order valence-electron chi connectivity index (χ4n) is 2.49. The zero-order valence-corrected chi connectivity index (χ0v) is 11.8. The molecular weight excluding hydrogens is 278 g/mol. The Morgan fingerprint density at radius 2 is 2.20 bits per heavy atom. The molecule has 1 aliphatic rings. The Morgan fingerprint density at radius 1 is 1.40 bits per heavy atom. The molecule has 3 rings (SSSR count). The van der Waals surface area contributed by atoms with E-state index in [0.29, 0.717) is 17.1 Å². The first kappa shape index (κ1) is 13.2. The van der Waals surface area contributed by atoms with Gasteiger partial charge in [-0.05, 0) is 25.0 Å². The Hall–Kier alpha value is -1.80. The van der Waals surface area contributed by atoms with Gasteiger partial charge in [-0.3, -0.25) is 0 Å². The van der Waals surface area contributed by atoms with Gasteiger partial charge in [0.05, 0.1) is 16.7 Å². The Kier molecular flexibility index (Phi) is 3.27. The van der Waals surface area contributed by atoms with Crippen LogP contribution in [0, 0.1) is 0 Å². The molecule has 0 fully saturated rings. The summed E-state index contributed by atoms with van der Waals surface area (Å²) in [6, 6.07) is 7.00. The Bertz CT molecular complexity index is 698. The lowest BCUT2D eigenvalue weighted by Gasteiger charge is -2.28. The summed E-state index contributed by atoms with van der Waals surface area (Å²) in [5.74, 6) is 0.719. The Balaban J connectivity index is 1.89. The number of aromatic nitrogens is 4. The number of benzene rings is 1. The highest BCUT2D eigenvalue weighted by atomic mass is 32.2. The second-order valence-electron chi connectivity index (χ2n) is 4.86. The van der Waals surface area contributed by atoms with Gasteiger partial charge in [-0.25, -0.2) is 8.42 Å². The molecule has 1 aromatic heterocycles. The van der Waals surface area contributed by atoms with E-state index < -0.39 is 9.84 Å². The maximum Gasteiger partial charge on any atom is 0.191 e. The van der Waals surface area contributed by atoms with E-state index >= 15 is 0 Å². The molecule has 0 saturated carbocycles. The van der Waals surface area contributed by atoms with Gasteiger partial charge in [0.25, 0.3) is 0 Å². The van der Waals surface area contributed by atoms with Crippen molar-refractivity contribution in [1.29, 1.82) is 0 Å². The minimum Gasteiger partial charge on any atom is -0.300 e. The molecule has 2 heterocycles. The van der Waals surface area contributed by atoms with Crippen molar-refractivity contribution in [2.75, 3.05) is 5.75 Å². The van der Waals surface area contributed by atoms with E-state index in [9.17, 15) is 8.42 Å². The molecule has 2 N–H and O–H groups in total. The van der Waals surface area contributed by atoms with E-state index in [0.717, 1.165) is 5.56 Å². The van der Waals surface area contributed by atoms with Gasteiger partial charge in [-0.15, -0.1) is 10.2 Å². The van der Waals surface area contributed by atoms with Crippen molar-refractivity contribution < 1.29 is 8.42 Å². The van der Waals surface area contributed by atoms with E-state index in [1.165, 1.54) is 0 Å². The Morgan fingerprint density at radius 3 is 2.95 bits per heavy atom. The van der Waals surface area contributed by atoms with Crippen LogP contribution >= 0.6 is 0 Å². The number of rotatable bonds is 3. The Labute approximate surface area is 116 Å². The van der Waals surface area contributed by atoms with Gasteiger partial charge in [-0.2, -0.15) is 5.21 Å². The van der Waals surface area contributed by atoms with Crippen molar-refractivity contribution >= 4 is 9.84 Å². The van der Waals surface area contributed by atoms with E-state index in [4.69, 9.17) is 0 Å². The maximum atomic E-state index is 12.1. The van der Waals surface area contributed by atoms with E-state index in [1.807, 2.05) is 19.1 Å². The monoisotopic (exact) mass is 293 g/mol. The summed E-state index contributed by atoms with van der Waals surface area (Å²) in [5.41, 5.74) is 0.814. The van der Waals surface area contributed by atoms with Gasteiger partial charge in [0, 0.05) is 6.04 Å². The summed E-state index contributed by atoms with van der Waals surface area (Å²) in [7, 11) is -3.15. The lowest BCUT2D eigenvalue weighted by Crippen LogP contribution is -2.31. The molecule has 2 aromatic rings. The predicted octanol–water partition coefficient (Wildman–Crippen LogP) is 0.769. The minimum atomic E-state index is -3.15. The summed E-state index contributed by atoms with van der Waals surface area (Å²) < 4.78 is 24.1. The van der Waals surface area contributed by atoms with Crippen LogP contribution in [-0.2, 0) is 9.84 Å². The first-order valence-electron chi connectivity index (χ1n) is 6.39. The second-order valence-corrected chi connectivity index (χ2v) is 6.93. The third kappa shape index (κ3) is 2.32. The van der Waals surface area contributed by atoms with Crippen molar-refractivity contribution in [3.8, 4) is 0 Å². The summed E-state index contributed by atoms with van der Waals surface area (Å²) in [6.45, 7) is 1.93. The molecule has 106 valence electrons. The topological polar surface area (TPSA) is 101 Å². The fourth-order valence-corrected chi connectivity index (χ4v) is 4.11. The number of aromatic amines is 1. The highest BCUT2D eigenvalue weighted by molar-refractivity contribution is 7.91. The van der Waals surface area contributed by atoms with Crippen molar-refractivity contribution in [3.05, 3.63) is 35.7 Å². The summed E-state index contributed by atoms with van der Waals surface area (Å²) in [6.07, 6.45) is 0.543. The quantitative estimate of drug-likeness (QED) is 0.867. The third-order valence-corrected chi connectivity index (χ3v) is 5.32. The molecule has 0 saturated heterocycles. The normalized spacial score (nSPS) is 22.1. The van der Waals surface area contributed by atoms with Crippen LogP contribution in [0.25, 0.3) is 0 Å². The molecule has 0 radical (unpaired) electrons. The van der Waals surface area contributed by atoms with Crippen molar-refractivity contribution in [1.82, 2.24) is 25.9 Å². The number of nitrogens with one attached hydrogen (secondary N) is 2. The zero-order valence-electron chi connectivity index (χ0n) is 10.9. The number of hydrogen-bond acceptors (Lipinski definition) is 6. The number of fused-ring (bicyclic) bond motifs is 1. The van der Waals surface area contributed by atoms with Gasteiger partial charge >= 0.3 is 0 Å². The number of sulfone groups is 1. The molecule has 0 spiro atoms. The second kappa shape index (κ2) is 4.95. The SMILES string of the molecule is CC(NC1CCS(=O)(=O)c2ccccc21)c1nn[nH]n1. The van der Waals surface area contributed by atoms with Crippen LogP contribution < -0.4 is 5.32 Å². The average molecular weight is 293 g/mol. The first-order chi connectivity index (χ1) is 9.58. The first-order valence-corrected chi connectivity index (χ1v) is 8.04. The number of tetrazole rings is 1. The maximum absolute atomic E-state index is 12.1. The van der Waals surface area contributed by atoms with Crippen LogP contribution in [0.15, 0.2) is 29.2 Å². The van der Waals surface area contributed by atoms with Gasteiger partial charge in [0.15, 0.2) is 15.7 Å². The lowest BCUT2D eigenvalue weighted by molar-refractivity contribution is 0.429. The smallest absolute Gasteiger partial charge is 0.191 e. The molecule has 1 aromatic carbocycles. The standard InChI is InChI=1S/C12H15N5O2S/c1-8(12-14-16-17-15-12)13-10-6-7-20(18,19)11-5-3-2-4-9(10)11/h2-5,8,10,13H,6-7H2,1H3,(H,14,15,16,17). The van der Waals surface area contributed by atoms with Crippen LogP contribution in [0.4, 0.5) is 0 Å². The molecule has 0 bridgehead atoms. The van der Waals surface area contributed by atoms with Crippen molar-refractivity contribution in [2.45, 2.75) is 30.3 Å². The van der Waals surface area contributed by atoms with Gasteiger partial charge in [0.2, 0.25) is 0 Å². The average Bonchev–Trinajstić information content (AvgIpc) is 2.96. The van der Waals surface area contributed by atoms with E-state index in [1.54, 1.807) is 12.1 Å². The van der Waals surface area contributed by atoms with E-state index in [-0.39, 0.29) is 17.8 Å². The largest absolute Gasteiger partial charge is 0.300 e. The molecule has 0 aliphatic carbocycles. The molecule has 0 amide bonds. The molecule has 8 heteroatoms. The number of H-pyrrole nitrogens is 1. The number of hydrogen-bond donors (Lipinski definition) is 2. The lowest BCUT2D eigenvalue weighted by atomic mass is 10.0. The van der Waals surface area contributed by atoms with Gasteiger partial charge < -0.3 is 5.32 Å². The van der Waals surface area contributed by atoms with Crippen LogP contribution in [0.3, 0.4) is 0 Å². The zero-order chi connectivity index (χ0) is 14.2. The van der Waals surface area contributed by atoms with Gasteiger partial charge in [-0.1, -0.05) is 23.4 Å². The highest BCUT2D eigenvalue weighted by Crippen LogP contribution is 2.33. The summed E-state index contributed by atoms with van der Waals surface area (Å²) in [5, 5.41) is 17.2. The predicted molar refractivity (Wildman–Crippen MR) is 71.6 cm³/mol. The molecule has 20 heavy (non-hydrogen) atoms. The van der Waals surface area contributed by atoms with E-state index in [2.05, 4.69) is 25.9 Å². The minimum absolute atomic E-state index is 0.0248. The molecular formula is C12H15N5O2S.